The van der Waals surface area contributed by atoms with E-state index in [1.807, 2.05) is 0 Å². The first kappa shape index (κ1) is 19.5. The Balaban J connectivity index is 1.70. The van der Waals surface area contributed by atoms with Gasteiger partial charge >= 0.3 is 0 Å². The fourth-order valence-electron chi connectivity index (χ4n) is 3.28. The predicted molar refractivity (Wildman–Crippen MR) is 101 cm³/mol. The van der Waals surface area contributed by atoms with E-state index in [4.69, 9.17) is 4.74 Å². The van der Waals surface area contributed by atoms with Crippen molar-refractivity contribution in [3.63, 3.8) is 0 Å². The monoisotopic (exact) mass is 391 g/mol. The molecule has 27 heavy (non-hydrogen) atoms. The number of halogens is 1. The fraction of sp³-hybridized carbons (Fsp3) is 0.350. The number of carbonyl (C=O) groups is 1. The van der Waals surface area contributed by atoms with Crippen molar-refractivity contribution in [3.05, 3.63) is 65.5 Å². The van der Waals surface area contributed by atoms with Crippen molar-refractivity contribution in [1.82, 2.24) is 4.31 Å². The van der Waals surface area contributed by atoms with Crippen LogP contribution < -0.4 is 4.74 Å². The molecule has 1 fully saturated rings. The highest BCUT2D eigenvalue weighted by Gasteiger charge is 2.32. The molecule has 2 aromatic carbocycles. The van der Waals surface area contributed by atoms with Crippen LogP contribution in [0, 0.1) is 11.7 Å². The number of sulfonamides is 1. The molecular weight excluding hydrogens is 369 g/mol. The molecule has 2 aromatic rings. The first-order valence-corrected chi connectivity index (χ1v) is 10.4. The molecule has 0 bridgehead atoms. The highest BCUT2D eigenvalue weighted by molar-refractivity contribution is 7.88. The molecule has 7 heteroatoms. The number of carbonyl (C=O) groups excluding carboxylic acids is 1. The fourth-order valence-corrected chi connectivity index (χ4v) is 4.89. The lowest BCUT2D eigenvalue weighted by Crippen LogP contribution is -2.42. The Morgan fingerprint density at radius 1 is 1.15 bits per heavy atom. The second-order valence-electron chi connectivity index (χ2n) is 6.67. The van der Waals surface area contributed by atoms with Gasteiger partial charge in [0.1, 0.15) is 11.6 Å². The zero-order valence-corrected chi connectivity index (χ0v) is 15.9. The van der Waals surface area contributed by atoms with Crippen LogP contribution in [-0.4, -0.2) is 38.7 Å². The third-order valence-corrected chi connectivity index (χ3v) is 6.60. The summed E-state index contributed by atoms with van der Waals surface area (Å²) in [6.07, 6.45) is 1.29. The van der Waals surface area contributed by atoms with Gasteiger partial charge in [0.25, 0.3) is 0 Å². The van der Waals surface area contributed by atoms with Crippen molar-refractivity contribution in [1.29, 1.82) is 0 Å². The van der Waals surface area contributed by atoms with E-state index in [1.54, 1.807) is 31.4 Å². The molecule has 0 aliphatic carbocycles. The Hall–Kier alpha value is -2.25. The van der Waals surface area contributed by atoms with Gasteiger partial charge in [-0.3, -0.25) is 4.79 Å². The minimum atomic E-state index is -3.57. The van der Waals surface area contributed by atoms with Crippen LogP contribution in [-0.2, 0) is 15.8 Å². The van der Waals surface area contributed by atoms with Crippen LogP contribution in [0.25, 0.3) is 0 Å². The molecule has 1 aliphatic heterocycles. The third kappa shape index (κ3) is 4.73. The topological polar surface area (TPSA) is 63.7 Å². The van der Waals surface area contributed by atoms with Gasteiger partial charge in [-0.2, -0.15) is 0 Å². The van der Waals surface area contributed by atoms with Gasteiger partial charge in [0.15, 0.2) is 5.78 Å². The molecule has 3 rings (SSSR count). The number of ether oxygens (including phenoxy) is 1. The van der Waals surface area contributed by atoms with Crippen LogP contribution in [0.5, 0.6) is 5.75 Å². The number of Topliss-reactive ketones (excluding diaryl/α,β-unsaturated/α-hetero) is 1. The van der Waals surface area contributed by atoms with Crippen molar-refractivity contribution >= 4 is 15.8 Å². The van der Waals surface area contributed by atoms with E-state index in [0.717, 1.165) is 0 Å². The van der Waals surface area contributed by atoms with Gasteiger partial charge in [-0.15, -0.1) is 0 Å². The second-order valence-corrected chi connectivity index (χ2v) is 8.64. The largest absolute Gasteiger partial charge is 0.497 e. The van der Waals surface area contributed by atoms with Gasteiger partial charge in [0.05, 0.1) is 12.9 Å². The van der Waals surface area contributed by atoms with Crippen molar-refractivity contribution in [2.45, 2.75) is 18.6 Å². The van der Waals surface area contributed by atoms with Crippen LogP contribution >= 0.6 is 0 Å². The Morgan fingerprint density at radius 3 is 2.44 bits per heavy atom. The van der Waals surface area contributed by atoms with Gasteiger partial charge < -0.3 is 4.74 Å². The summed E-state index contributed by atoms with van der Waals surface area (Å²) in [5.74, 6) is -0.357. The van der Waals surface area contributed by atoms with Gasteiger partial charge in [-0.05, 0) is 54.8 Å². The van der Waals surface area contributed by atoms with Crippen LogP contribution in [0.4, 0.5) is 4.39 Å². The van der Waals surface area contributed by atoms with E-state index >= 15 is 0 Å². The van der Waals surface area contributed by atoms with Crippen molar-refractivity contribution in [2.24, 2.45) is 5.92 Å². The summed E-state index contributed by atoms with van der Waals surface area (Å²) in [5.41, 5.74) is 1.08. The summed E-state index contributed by atoms with van der Waals surface area (Å²) >= 11 is 0. The number of ketones is 1. The van der Waals surface area contributed by atoms with Gasteiger partial charge in [0.2, 0.25) is 10.0 Å². The molecule has 0 amide bonds. The second kappa shape index (κ2) is 8.19. The number of benzene rings is 2. The maximum atomic E-state index is 13.0. The average molecular weight is 391 g/mol. The number of piperidine rings is 1. The molecule has 0 radical (unpaired) electrons. The van der Waals surface area contributed by atoms with E-state index in [0.29, 0.717) is 36.3 Å². The summed E-state index contributed by atoms with van der Waals surface area (Å²) < 4.78 is 45.0. The summed E-state index contributed by atoms with van der Waals surface area (Å²) in [7, 11) is -2.01. The Morgan fingerprint density at radius 2 is 1.81 bits per heavy atom. The normalized spacial score (nSPS) is 18.2. The standard InChI is InChI=1S/C20H22FNO4S/c1-26-19-10-6-16(7-11-19)20(23)17-3-2-12-22(13-17)27(24,25)14-15-4-8-18(21)9-5-15/h4-11,17H,2-3,12-14H2,1H3. The smallest absolute Gasteiger partial charge is 0.218 e. The SMILES string of the molecule is COc1ccc(C(=O)C2CCCN(S(=O)(=O)Cc3ccc(F)cc3)C2)cc1. The lowest BCUT2D eigenvalue weighted by Gasteiger charge is -2.31. The maximum absolute atomic E-state index is 13.0. The molecule has 1 unspecified atom stereocenters. The number of hydrogen-bond donors (Lipinski definition) is 0. The molecule has 5 nitrogen and oxygen atoms in total. The summed E-state index contributed by atoms with van der Waals surface area (Å²) in [6, 6.07) is 12.3. The number of methoxy groups -OCH3 is 1. The first-order valence-electron chi connectivity index (χ1n) is 8.79. The van der Waals surface area contributed by atoms with E-state index < -0.39 is 15.8 Å². The van der Waals surface area contributed by atoms with E-state index in [2.05, 4.69) is 0 Å². The Kier molecular flexibility index (Phi) is 5.92. The molecule has 0 aromatic heterocycles. The minimum absolute atomic E-state index is 0.0562. The summed E-state index contributed by atoms with van der Waals surface area (Å²) in [5, 5.41) is 0. The first-order chi connectivity index (χ1) is 12.9. The molecule has 0 saturated carbocycles. The molecule has 1 saturated heterocycles. The van der Waals surface area contributed by atoms with E-state index in [9.17, 15) is 17.6 Å². The molecule has 1 atom stereocenters. The van der Waals surface area contributed by atoms with Gasteiger partial charge in [-0.1, -0.05) is 12.1 Å². The van der Waals surface area contributed by atoms with Gasteiger partial charge in [0, 0.05) is 24.6 Å². The lowest BCUT2D eigenvalue weighted by molar-refractivity contribution is 0.0872. The van der Waals surface area contributed by atoms with Gasteiger partial charge in [-0.25, -0.2) is 17.1 Å². The molecule has 1 heterocycles. The van der Waals surface area contributed by atoms with Crippen LogP contribution in [0.3, 0.4) is 0 Å². The van der Waals surface area contributed by atoms with Crippen molar-refractivity contribution < 1.29 is 22.3 Å². The maximum Gasteiger partial charge on any atom is 0.218 e. The quantitative estimate of drug-likeness (QED) is 0.709. The summed E-state index contributed by atoms with van der Waals surface area (Å²) in [6.45, 7) is 0.574. The van der Waals surface area contributed by atoms with Crippen LogP contribution in [0.1, 0.15) is 28.8 Å². The van der Waals surface area contributed by atoms with Crippen LogP contribution in [0.2, 0.25) is 0 Å². The van der Waals surface area contributed by atoms with Crippen LogP contribution in [0.15, 0.2) is 48.5 Å². The minimum Gasteiger partial charge on any atom is -0.497 e. The summed E-state index contributed by atoms with van der Waals surface area (Å²) in [4.78, 5) is 12.8. The Bertz CT molecular complexity index is 895. The zero-order chi connectivity index (χ0) is 19.4. The van der Waals surface area contributed by atoms with Crippen molar-refractivity contribution in [3.8, 4) is 5.75 Å². The van der Waals surface area contributed by atoms with Crippen molar-refractivity contribution in [2.75, 3.05) is 20.2 Å². The molecule has 0 N–H and O–H groups in total. The highest BCUT2D eigenvalue weighted by Crippen LogP contribution is 2.25. The number of hydrogen-bond acceptors (Lipinski definition) is 4. The molecule has 0 spiro atoms. The zero-order valence-electron chi connectivity index (χ0n) is 15.1. The Labute approximate surface area is 158 Å². The molecule has 1 aliphatic rings. The molecule has 144 valence electrons. The number of rotatable bonds is 6. The lowest BCUT2D eigenvalue weighted by atomic mass is 9.91. The predicted octanol–water partition coefficient (Wildman–Crippen LogP) is 3.26. The third-order valence-electron chi connectivity index (χ3n) is 4.79. The molecular formula is C20H22FNO4S. The number of nitrogens with zero attached hydrogens (tertiary/aromatic N) is 1. The van der Waals surface area contributed by atoms with E-state index in [-0.39, 0.29) is 24.0 Å². The average Bonchev–Trinajstić information content (AvgIpc) is 2.69. The highest BCUT2D eigenvalue weighted by atomic mass is 32.2. The van der Waals surface area contributed by atoms with E-state index in [1.165, 1.54) is 28.6 Å².